The van der Waals surface area contributed by atoms with Gasteiger partial charge in [0.2, 0.25) is 0 Å². The molecule has 214 valence electrons. The maximum absolute atomic E-state index is 13.7. The number of ether oxygens (including phenoxy) is 3. The fraction of sp³-hybridized carbons (Fsp3) is 0.194. The second-order valence-corrected chi connectivity index (χ2v) is 10.0. The molecule has 1 aliphatic rings. The van der Waals surface area contributed by atoms with Crippen LogP contribution in [0.5, 0.6) is 11.5 Å². The molecule has 1 unspecified atom stereocenters. The second-order valence-electron chi connectivity index (χ2n) is 10.0. The number of carbonyl (C=O) groups is 1. The van der Waals surface area contributed by atoms with E-state index in [-0.39, 0.29) is 11.5 Å². The first-order chi connectivity index (χ1) is 20.0. The molecule has 3 aromatic carbocycles. The van der Waals surface area contributed by atoms with Crippen LogP contribution in [0.3, 0.4) is 0 Å². The van der Waals surface area contributed by atoms with Crippen LogP contribution in [-0.2, 0) is 11.8 Å². The molecule has 1 atom stereocenters. The zero-order chi connectivity index (χ0) is 29.8. The number of hydrogen-bond acceptors (Lipinski definition) is 7. The van der Waals surface area contributed by atoms with Crippen LogP contribution in [0, 0.1) is 13.8 Å². The van der Waals surface area contributed by atoms with E-state index in [9.17, 15) is 13.6 Å². The van der Waals surface area contributed by atoms with Gasteiger partial charge in [0.15, 0.2) is 23.1 Å². The Morgan fingerprint density at radius 3 is 2.45 bits per heavy atom. The van der Waals surface area contributed by atoms with E-state index in [0.717, 1.165) is 22.3 Å². The van der Waals surface area contributed by atoms with Crippen molar-refractivity contribution < 1.29 is 32.2 Å². The highest BCUT2D eigenvalue weighted by molar-refractivity contribution is 5.90. The maximum Gasteiger partial charge on any atom is 0.586 e. The van der Waals surface area contributed by atoms with Crippen LogP contribution in [0.25, 0.3) is 45.0 Å². The highest BCUT2D eigenvalue weighted by atomic mass is 19.3. The van der Waals surface area contributed by atoms with Gasteiger partial charge in [-0.1, -0.05) is 42.0 Å². The van der Waals surface area contributed by atoms with E-state index in [1.165, 1.54) is 12.1 Å². The van der Waals surface area contributed by atoms with Crippen LogP contribution < -0.4 is 15.2 Å². The minimum absolute atomic E-state index is 0.0673. The first-order valence-corrected chi connectivity index (χ1v) is 13.1. The second kappa shape index (κ2) is 10.0. The Labute approximate surface area is 239 Å². The number of aromatic nitrogens is 3. The van der Waals surface area contributed by atoms with E-state index in [0.29, 0.717) is 39.9 Å². The molecule has 0 fully saturated rings. The number of alkyl halides is 2. The fourth-order valence-electron chi connectivity index (χ4n) is 5.04. The van der Waals surface area contributed by atoms with Crippen LogP contribution in [0.2, 0.25) is 0 Å². The van der Waals surface area contributed by atoms with Gasteiger partial charge in [-0.25, -0.2) is 9.78 Å². The van der Waals surface area contributed by atoms with Crippen molar-refractivity contribution in [3.05, 3.63) is 83.9 Å². The SMILES string of the molecule is Cc1cccc(-c2ccc(-c3cc(C(C)OC(N)=O)nn3C)c(-c3oc(C)nc3-c3ccc4c(c3)OC(F)(F)O4)c2)c1. The molecule has 2 aromatic heterocycles. The van der Waals surface area contributed by atoms with Gasteiger partial charge in [0.05, 0.1) is 5.69 Å². The number of hydrogen-bond donors (Lipinski definition) is 1. The highest BCUT2D eigenvalue weighted by Gasteiger charge is 2.43. The molecule has 5 aromatic rings. The van der Waals surface area contributed by atoms with Gasteiger partial charge in [0, 0.05) is 30.7 Å². The molecule has 11 heteroatoms. The summed E-state index contributed by atoms with van der Waals surface area (Å²) in [6.07, 6.45) is -5.32. The summed E-state index contributed by atoms with van der Waals surface area (Å²) in [4.78, 5) is 16.0. The van der Waals surface area contributed by atoms with Crippen LogP contribution in [-0.4, -0.2) is 27.2 Å². The average molecular weight is 573 g/mol. The van der Waals surface area contributed by atoms with Gasteiger partial charge < -0.3 is 24.4 Å². The van der Waals surface area contributed by atoms with E-state index in [4.69, 9.17) is 14.9 Å². The Morgan fingerprint density at radius 2 is 1.69 bits per heavy atom. The van der Waals surface area contributed by atoms with Crippen molar-refractivity contribution in [1.29, 1.82) is 0 Å². The zero-order valence-electron chi connectivity index (χ0n) is 23.1. The molecule has 1 amide bonds. The van der Waals surface area contributed by atoms with Crippen molar-refractivity contribution in [3.8, 4) is 56.5 Å². The Bertz CT molecular complexity index is 1850. The molecule has 2 N–H and O–H groups in total. The van der Waals surface area contributed by atoms with Crippen molar-refractivity contribution >= 4 is 6.09 Å². The number of fused-ring (bicyclic) bond motifs is 1. The number of amides is 1. The molecule has 0 saturated carbocycles. The van der Waals surface area contributed by atoms with Gasteiger partial charge in [-0.15, -0.1) is 8.78 Å². The van der Waals surface area contributed by atoms with E-state index < -0.39 is 18.5 Å². The Hall–Kier alpha value is -5.19. The summed E-state index contributed by atoms with van der Waals surface area (Å²) in [5, 5.41) is 4.54. The first kappa shape index (κ1) is 27.0. The molecule has 3 heterocycles. The molecule has 0 saturated heterocycles. The van der Waals surface area contributed by atoms with Gasteiger partial charge in [-0.05, 0) is 55.3 Å². The number of nitrogens with zero attached hydrogens (tertiary/aromatic N) is 3. The Kier molecular flexibility index (Phi) is 6.44. The molecular weight excluding hydrogens is 546 g/mol. The van der Waals surface area contributed by atoms with Crippen LogP contribution in [0.1, 0.15) is 30.2 Å². The number of primary amides is 1. The summed E-state index contributed by atoms with van der Waals surface area (Å²) in [6, 6.07) is 20.3. The summed E-state index contributed by atoms with van der Waals surface area (Å²) in [5.74, 6) is 0.635. The predicted molar refractivity (Wildman–Crippen MR) is 150 cm³/mol. The van der Waals surface area contributed by atoms with Crippen LogP contribution in [0.4, 0.5) is 13.6 Å². The number of benzene rings is 3. The number of nitrogens with two attached hydrogens (primary N) is 1. The van der Waals surface area contributed by atoms with Gasteiger partial charge in [-0.2, -0.15) is 5.10 Å². The maximum atomic E-state index is 13.7. The van der Waals surface area contributed by atoms with Crippen LogP contribution in [0.15, 0.2) is 71.1 Å². The third-order valence-electron chi connectivity index (χ3n) is 6.91. The lowest BCUT2D eigenvalue weighted by atomic mass is 9.93. The lowest BCUT2D eigenvalue weighted by molar-refractivity contribution is -0.286. The number of halogens is 2. The topological polar surface area (TPSA) is 115 Å². The van der Waals surface area contributed by atoms with Crippen molar-refractivity contribution in [1.82, 2.24) is 14.8 Å². The monoisotopic (exact) mass is 572 g/mol. The summed E-state index contributed by atoms with van der Waals surface area (Å²) < 4.78 is 49.7. The molecule has 9 nitrogen and oxygen atoms in total. The quantitative estimate of drug-likeness (QED) is 0.229. The molecule has 0 radical (unpaired) electrons. The summed E-state index contributed by atoms with van der Waals surface area (Å²) in [5.41, 5.74) is 11.8. The number of oxazole rings is 1. The minimum Gasteiger partial charge on any atom is -0.440 e. The van der Waals surface area contributed by atoms with Gasteiger partial charge >= 0.3 is 12.4 Å². The van der Waals surface area contributed by atoms with E-state index in [1.54, 1.807) is 31.6 Å². The molecule has 42 heavy (non-hydrogen) atoms. The van der Waals surface area contributed by atoms with Gasteiger partial charge in [0.1, 0.15) is 17.5 Å². The highest BCUT2D eigenvalue weighted by Crippen LogP contribution is 2.46. The van der Waals surface area contributed by atoms with E-state index in [2.05, 4.69) is 25.6 Å². The zero-order valence-corrected chi connectivity index (χ0v) is 23.1. The predicted octanol–water partition coefficient (Wildman–Crippen LogP) is 7.17. The molecular formula is C31H26F2N4O5. The molecule has 6 rings (SSSR count). The summed E-state index contributed by atoms with van der Waals surface area (Å²) >= 11 is 0. The van der Waals surface area contributed by atoms with Gasteiger partial charge in [0.25, 0.3) is 0 Å². The summed E-state index contributed by atoms with van der Waals surface area (Å²) in [6.45, 7) is 5.41. The molecule has 1 aliphatic heterocycles. The van der Waals surface area contributed by atoms with E-state index >= 15 is 0 Å². The van der Waals surface area contributed by atoms with Crippen molar-refractivity contribution in [2.75, 3.05) is 0 Å². The fourth-order valence-corrected chi connectivity index (χ4v) is 5.04. The Morgan fingerprint density at radius 1 is 0.952 bits per heavy atom. The third-order valence-corrected chi connectivity index (χ3v) is 6.91. The van der Waals surface area contributed by atoms with Gasteiger partial charge in [-0.3, -0.25) is 4.68 Å². The standard InChI is InChI=1S/C31H26F2N4O5/c1-16-6-5-7-19(12-16)20-8-10-22(25-15-24(36-37(25)4)17(2)39-30(34)38)23(13-20)29-28(35-18(3)40-29)21-9-11-26-27(14-21)42-31(32,33)41-26/h5-15,17H,1-4H3,(H2,34,38). The lowest BCUT2D eigenvalue weighted by Crippen LogP contribution is -2.25. The van der Waals surface area contributed by atoms with Crippen molar-refractivity contribution in [3.63, 3.8) is 0 Å². The summed E-state index contributed by atoms with van der Waals surface area (Å²) in [7, 11) is 1.78. The minimum atomic E-state index is -3.74. The van der Waals surface area contributed by atoms with Crippen molar-refractivity contribution in [2.24, 2.45) is 12.8 Å². The number of carbonyl (C=O) groups excluding carboxylic acids is 1. The third kappa shape index (κ3) is 5.05. The lowest BCUT2D eigenvalue weighted by Gasteiger charge is -2.13. The van der Waals surface area contributed by atoms with E-state index in [1.807, 2.05) is 49.4 Å². The smallest absolute Gasteiger partial charge is 0.440 e. The Balaban J connectivity index is 1.53. The van der Waals surface area contributed by atoms with Crippen LogP contribution >= 0.6 is 0 Å². The number of aryl methyl sites for hydroxylation is 3. The normalized spacial score (nSPS) is 14.1. The van der Waals surface area contributed by atoms with Crippen molar-refractivity contribution in [2.45, 2.75) is 33.2 Å². The molecule has 0 spiro atoms. The largest absolute Gasteiger partial charge is 0.586 e. The number of rotatable bonds is 6. The first-order valence-electron chi connectivity index (χ1n) is 13.1. The molecule has 0 aliphatic carbocycles. The molecule has 0 bridgehead atoms. The average Bonchev–Trinajstić information content (AvgIpc) is 3.60.